The molecule has 3 aliphatic rings. The number of nitrogens with one attached hydrogen (secondary N) is 2. The van der Waals surface area contributed by atoms with E-state index in [4.69, 9.17) is 4.74 Å². The standard InChI is InChI=1S/C30H29F2N3O5S2/c1-29(27(31)32)16-24(25(40-2)18-34-29)23-15-20(9-10-30(37)11-13-42(38,39)14-12-30)6-8-22(23)26(36)35-28-33-17-21(41-28)7-5-19-3-4-19/h6,8,15-19,27,34,37H,3-4,11-14H2,1-2H3,(H,33,35,36). The predicted octanol–water partition coefficient (Wildman–Crippen LogP) is 3.95. The number of methoxy groups -OCH3 is 1. The highest BCUT2D eigenvalue weighted by molar-refractivity contribution is 7.91. The van der Waals surface area contributed by atoms with Crippen LogP contribution >= 0.6 is 11.3 Å². The first kappa shape index (κ1) is 29.8. The molecule has 220 valence electrons. The zero-order valence-corrected chi connectivity index (χ0v) is 24.6. The van der Waals surface area contributed by atoms with E-state index >= 15 is 0 Å². The molecule has 1 aromatic carbocycles. The second-order valence-electron chi connectivity index (χ2n) is 10.7. The number of dihydropyridines is 1. The third-order valence-corrected chi connectivity index (χ3v) is 9.73. The molecule has 1 unspecified atom stereocenters. The monoisotopic (exact) mass is 613 g/mol. The Morgan fingerprint density at radius 1 is 1.26 bits per heavy atom. The minimum atomic E-state index is -3.21. The van der Waals surface area contributed by atoms with Gasteiger partial charge in [0.25, 0.3) is 12.3 Å². The van der Waals surface area contributed by atoms with Gasteiger partial charge in [-0.25, -0.2) is 22.2 Å². The summed E-state index contributed by atoms with van der Waals surface area (Å²) in [5, 5.41) is 16.6. The molecule has 1 saturated heterocycles. The van der Waals surface area contributed by atoms with Crippen LogP contribution in [0, 0.1) is 29.6 Å². The predicted molar refractivity (Wildman–Crippen MR) is 156 cm³/mol. The Balaban J connectivity index is 1.51. The molecule has 0 radical (unpaired) electrons. The number of nitrogens with zero attached hydrogens (tertiary/aromatic N) is 1. The SMILES string of the molecule is COC1=CNC(C)(C(F)F)C=C1c1cc(C#CC2(O)CCS(=O)(=O)CC2)ccc1C(=O)Nc1ncc(C#CC2CC2)s1. The van der Waals surface area contributed by atoms with Gasteiger partial charge < -0.3 is 15.2 Å². The van der Waals surface area contributed by atoms with E-state index in [-0.39, 0.29) is 46.8 Å². The highest BCUT2D eigenvalue weighted by Crippen LogP contribution is 2.35. The molecule has 2 aromatic rings. The van der Waals surface area contributed by atoms with Crippen LogP contribution in [0.2, 0.25) is 0 Å². The van der Waals surface area contributed by atoms with Gasteiger partial charge >= 0.3 is 0 Å². The Hall–Kier alpha value is -3.71. The number of halogens is 2. The molecular weight excluding hydrogens is 584 g/mol. The summed E-state index contributed by atoms with van der Waals surface area (Å²) >= 11 is 1.23. The summed E-state index contributed by atoms with van der Waals surface area (Å²) in [5.41, 5.74) is -2.12. The highest BCUT2D eigenvalue weighted by atomic mass is 32.2. The molecule has 0 bridgehead atoms. The number of anilines is 1. The van der Waals surface area contributed by atoms with Gasteiger partial charge in [0.15, 0.2) is 15.0 Å². The number of thiazole rings is 1. The van der Waals surface area contributed by atoms with Crippen molar-refractivity contribution >= 4 is 37.8 Å². The van der Waals surface area contributed by atoms with E-state index in [1.807, 2.05) is 0 Å². The number of ether oxygens (including phenoxy) is 1. The summed E-state index contributed by atoms with van der Waals surface area (Å²) in [6.45, 7) is 1.33. The van der Waals surface area contributed by atoms with Gasteiger partial charge in [0.2, 0.25) is 0 Å². The molecule has 3 heterocycles. The number of carbonyl (C=O) groups is 1. The zero-order chi connectivity index (χ0) is 30.1. The van der Waals surface area contributed by atoms with Crippen LogP contribution in [0.1, 0.15) is 59.0 Å². The number of rotatable bonds is 5. The van der Waals surface area contributed by atoms with Crippen LogP contribution in [-0.4, -0.2) is 60.6 Å². The van der Waals surface area contributed by atoms with Crippen LogP contribution in [0.15, 0.2) is 42.4 Å². The lowest BCUT2D eigenvalue weighted by Crippen LogP contribution is -2.46. The number of aromatic nitrogens is 1. The van der Waals surface area contributed by atoms with E-state index in [2.05, 4.69) is 39.3 Å². The first-order valence-corrected chi connectivity index (χ1v) is 15.9. The second-order valence-corrected chi connectivity index (χ2v) is 14.1. The van der Waals surface area contributed by atoms with Crippen LogP contribution in [-0.2, 0) is 14.6 Å². The molecule has 3 N–H and O–H groups in total. The maximum absolute atomic E-state index is 14.0. The topological polar surface area (TPSA) is 118 Å². The molecule has 1 aromatic heterocycles. The third-order valence-electron chi connectivity index (χ3n) is 7.25. The summed E-state index contributed by atoms with van der Waals surface area (Å²) in [6.07, 6.45) is 3.61. The second kappa shape index (κ2) is 11.5. The van der Waals surface area contributed by atoms with Crippen molar-refractivity contribution < 1.29 is 31.8 Å². The van der Waals surface area contributed by atoms with Gasteiger partial charge in [0.1, 0.15) is 16.9 Å². The van der Waals surface area contributed by atoms with Crippen LogP contribution in [0.4, 0.5) is 13.9 Å². The fourth-order valence-corrected chi connectivity index (χ4v) is 6.58. The molecule has 12 heteroatoms. The quantitative estimate of drug-likeness (QED) is 0.438. The lowest BCUT2D eigenvalue weighted by atomic mass is 9.88. The van der Waals surface area contributed by atoms with Crippen molar-refractivity contribution in [2.45, 2.75) is 50.2 Å². The molecule has 0 spiro atoms. The smallest absolute Gasteiger partial charge is 0.264 e. The first-order valence-electron chi connectivity index (χ1n) is 13.3. The van der Waals surface area contributed by atoms with Gasteiger partial charge in [-0.05, 0) is 49.6 Å². The minimum absolute atomic E-state index is 0.0172. The fourth-order valence-electron chi connectivity index (χ4n) is 4.40. The number of alkyl halides is 2. The minimum Gasteiger partial charge on any atom is -0.495 e. The number of benzene rings is 1. The lowest BCUT2D eigenvalue weighted by molar-refractivity contribution is 0.0732. The van der Waals surface area contributed by atoms with Crippen molar-refractivity contribution in [1.82, 2.24) is 10.3 Å². The number of hydrogen-bond acceptors (Lipinski definition) is 8. The Labute approximate surface area is 247 Å². The van der Waals surface area contributed by atoms with Crippen LogP contribution < -0.4 is 10.6 Å². The molecule has 5 rings (SSSR count). The normalized spacial score (nSPS) is 22.3. The summed E-state index contributed by atoms with van der Waals surface area (Å²) in [5.74, 6) is 11.7. The van der Waals surface area contributed by atoms with Gasteiger partial charge in [-0.2, -0.15) is 0 Å². The number of carbonyl (C=O) groups excluding carboxylic acids is 1. The van der Waals surface area contributed by atoms with Gasteiger partial charge in [-0.3, -0.25) is 10.1 Å². The molecule has 8 nitrogen and oxygen atoms in total. The molecule has 2 fully saturated rings. The fraction of sp³-hybridized carbons (Fsp3) is 0.400. The van der Waals surface area contributed by atoms with Crippen molar-refractivity contribution in [3.8, 4) is 23.7 Å². The number of allylic oxidation sites excluding steroid dienone is 1. The van der Waals surface area contributed by atoms with Crippen LogP contribution in [0.3, 0.4) is 0 Å². The number of aliphatic hydroxyl groups is 1. The molecule has 1 atom stereocenters. The lowest BCUT2D eigenvalue weighted by Gasteiger charge is -2.32. The maximum Gasteiger partial charge on any atom is 0.264 e. The molecule has 1 amide bonds. The van der Waals surface area contributed by atoms with E-state index in [0.29, 0.717) is 16.6 Å². The average molecular weight is 614 g/mol. The van der Waals surface area contributed by atoms with E-state index in [9.17, 15) is 27.1 Å². The Bertz CT molecular complexity index is 1690. The van der Waals surface area contributed by atoms with E-state index in [0.717, 1.165) is 17.7 Å². The van der Waals surface area contributed by atoms with Gasteiger partial charge in [0.05, 0.1) is 29.7 Å². The number of amides is 1. The van der Waals surface area contributed by atoms with Gasteiger partial charge in [-0.1, -0.05) is 35.0 Å². The molecule has 1 aliphatic carbocycles. The van der Waals surface area contributed by atoms with Crippen molar-refractivity contribution in [3.63, 3.8) is 0 Å². The Kier molecular flexibility index (Phi) is 8.17. The van der Waals surface area contributed by atoms with Gasteiger partial charge in [-0.15, -0.1) is 0 Å². The molecule has 42 heavy (non-hydrogen) atoms. The van der Waals surface area contributed by atoms with E-state index in [1.165, 1.54) is 43.7 Å². The summed E-state index contributed by atoms with van der Waals surface area (Å²) in [4.78, 5) is 18.5. The Morgan fingerprint density at radius 2 is 2.00 bits per heavy atom. The third kappa shape index (κ3) is 6.84. The first-order chi connectivity index (χ1) is 19.9. The number of hydrogen-bond donors (Lipinski definition) is 3. The van der Waals surface area contributed by atoms with Crippen molar-refractivity contribution in [2.24, 2.45) is 5.92 Å². The largest absolute Gasteiger partial charge is 0.495 e. The van der Waals surface area contributed by atoms with Crippen LogP contribution in [0.25, 0.3) is 5.57 Å². The summed E-state index contributed by atoms with van der Waals surface area (Å²) in [6, 6.07) is 4.66. The van der Waals surface area contributed by atoms with Crippen molar-refractivity contribution in [1.29, 1.82) is 0 Å². The van der Waals surface area contributed by atoms with Crippen molar-refractivity contribution in [3.05, 3.63) is 64.0 Å². The molecule has 2 aliphatic heterocycles. The molecular formula is C30H29F2N3O5S2. The van der Waals surface area contributed by atoms with E-state index < -0.39 is 33.3 Å². The zero-order valence-electron chi connectivity index (χ0n) is 23.0. The van der Waals surface area contributed by atoms with Crippen molar-refractivity contribution in [2.75, 3.05) is 23.9 Å². The summed E-state index contributed by atoms with van der Waals surface area (Å²) < 4.78 is 57.1. The van der Waals surface area contributed by atoms with Crippen LogP contribution in [0.5, 0.6) is 0 Å². The molecule has 1 saturated carbocycles. The van der Waals surface area contributed by atoms with Gasteiger partial charge in [0, 0.05) is 41.7 Å². The number of sulfone groups is 1. The highest BCUT2D eigenvalue weighted by Gasteiger charge is 2.37. The van der Waals surface area contributed by atoms with E-state index in [1.54, 1.807) is 18.3 Å². The maximum atomic E-state index is 14.0. The summed E-state index contributed by atoms with van der Waals surface area (Å²) in [7, 11) is -1.82. The average Bonchev–Trinajstić information content (AvgIpc) is 3.69. The Morgan fingerprint density at radius 3 is 2.67 bits per heavy atom.